The number of benzene rings is 2. The van der Waals surface area contributed by atoms with E-state index in [1.807, 2.05) is 12.1 Å². The number of nitrogens with zero attached hydrogens (tertiary/aromatic N) is 1. The van der Waals surface area contributed by atoms with Gasteiger partial charge in [0.2, 0.25) is 0 Å². The van der Waals surface area contributed by atoms with Gasteiger partial charge < -0.3 is 10.5 Å². The van der Waals surface area contributed by atoms with E-state index in [1.54, 1.807) is 18.2 Å². The standard InChI is InChI=1S/C17H18N2O/c1-3-12(2)13-4-7-16(8-5-13)20-17-9-6-15(19)10-14(17)11-18/h4-10,12H,3,19H2,1-2H3. The molecule has 0 radical (unpaired) electrons. The highest BCUT2D eigenvalue weighted by atomic mass is 16.5. The minimum absolute atomic E-state index is 0.441. The number of rotatable bonds is 4. The summed E-state index contributed by atoms with van der Waals surface area (Å²) in [6.45, 7) is 4.37. The first-order chi connectivity index (χ1) is 9.63. The van der Waals surface area contributed by atoms with E-state index in [0.29, 0.717) is 22.9 Å². The van der Waals surface area contributed by atoms with E-state index in [1.165, 1.54) is 5.56 Å². The molecule has 3 nitrogen and oxygen atoms in total. The molecule has 0 heterocycles. The number of nitrogen functional groups attached to an aromatic ring is 1. The monoisotopic (exact) mass is 266 g/mol. The van der Waals surface area contributed by atoms with Crippen molar-refractivity contribution in [2.24, 2.45) is 0 Å². The van der Waals surface area contributed by atoms with Gasteiger partial charge in [-0.1, -0.05) is 26.0 Å². The minimum Gasteiger partial charge on any atom is -0.456 e. The van der Waals surface area contributed by atoms with Crippen molar-refractivity contribution >= 4 is 5.69 Å². The van der Waals surface area contributed by atoms with Crippen LogP contribution in [0.4, 0.5) is 5.69 Å². The third kappa shape index (κ3) is 3.10. The number of nitrogens with two attached hydrogens (primary N) is 1. The second-order valence-corrected chi connectivity index (χ2v) is 4.85. The second-order valence-electron chi connectivity index (χ2n) is 4.85. The van der Waals surface area contributed by atoms with E-state index in [-0.39, 0.29) is 0 Å². The molecule has 102 valence electrons. The Morgan fingerprint density at radius 2 is 1.90 bits per heavy atom. The van der Waals surface area contributed by atoms with Crippen molar-refractivity contribution < 1.29 is 4.74 Å². The van der Waals surface area contributed by atoms with Crippen LogP contribution in [0.1, 0.15) is 37.3 Å². The Morgan fingerprint density at radius 3 is 2.50 bits per heavy atom. The molecule has 2 N–H and O–H groups in total. The van der Waals surface area contributed by atoms with Crippen LogP contribution < -0.4 is 10.5 Å². The molecular weight excluding hydrogens is 248 g/mol. The summed E-state index contributed by atoms with van der Waals surface area (Å²) in [5.41, 5.74) is 7.94. The van der Waals surface area contributed by atoms with Crippen molar-refractivity contribution in [3.8, 4) is 17.6 Å². The molecule has 0 aliphatic carbocycles. The Labute approximate surface area is 119 Å². The molecule has 2 aromatic rings. The fraction of sp³-hybridized carbons (Fsp3) is 0.235. The zero-order valence-electron chi connectivity index (χ0n) is 11.8. The lowest BCUT2D eigenvalue weighted by molar-refractivity contribution is 0.480. The van der Waals surface area contributed by atoms with Crippen molar-refractivity contribution in [2.45, 2.75) is 26.2 Å². The zero-order valence-corrected chi connectivity index (χ0v) is 11.8. The van der Waals surface area contributed by atoms with Gasteiger partial charge in [-0.05, 0) is 48.2 Å². The zero-order chi connectivity index (χ0) is 14.5. The van der Waals surface area contributed by atoms with E-state index in [2.05, 4.69) is 32.0 Å². The van der Waals surface area contributed by atoms with Gasteiger partial charge in [0.25, 0.3) is 0 Å². The highest BCUT2D eigenvalue weighted by molar-refractivity contribution is 5.54. The summed E-state index contributed by atoms with van der Waals surface area (Å²) in [5.74, 6) is 1.78. The van der Waals surface area contributed by atoms with Gasteiger partial charge in [-0.25, -0.2) is 0 Å². The van der Waals surface area contributed by atoms with Crippen LogP contribution in [0.2, 0.25) is 0 Å². The van der Waals surface area contributed by atoms with E-state index in [9.17, 15) is 0 Å². The van der Waals surface area contributed by atoms with Gasteiger partial charge >= 0.3 is 0 Å². The fourth-order valence-electron chi connectivity index (χ4n) is 1.95. The molecule has 0 fully saturated rings. The Bertz CT molecular complexity index is 626. The Kier molecular flexibility index (Phi) is 4.27. The molecule has 0 bridgehead atoms. The van der Waals surface area contributed by atoms with Gasteiger partial charge in [0.05, 0.1) is 5.56 Å². The summed E-state index contributed by atoms with van der Waals surface area (Å²) in [5, 5.41) is 9.08. The third-order valence-electron chi connectivity index (χ3n) is 3.41. The average Bonchev–Trinajstić information content (AvgIpc) is 2.49. The topological polar surface area (TPSA) is 59.0 Å². The average molecular weight is 266 g/mol. The summed E-state index contributed by atoms with van der Waals surface area (Å²) in [6.07, 6.45) is 1.11. The molecule has 1 atom stereocenters. The van der Waals surface area contributed by atoms with Gasteiger partial charge in [-0.3, -0.25) is 0 Å². The molecule has 20 heavy (non-hydrogen) atoms. The van der Waals surface area contributed by atoms with Crippen molar-refractivity contribution in [3.05, 3.63) is 53.6 Å². The van der Waals surface area contributed by atoms with Crippen molar-refractivity contribution in [3.63, 3.8) is 0 Å². The van der Waals surface area contributed by atoms with Crippen LogP contribution in [0.3, 0.4) is 0 Å². The SMILES string of the molecule is CCC(C)c1ccc(Oc2ccc(N)cc2C#N)cc1. The van der Waals surface area contributed by atoms with Gasteiger partial charge in [-0.15, -0.1) is 0 Å². The number of nitriles is 1. The van der Waals surface area contributed by atoms with Crippen LogP contribution in [0.15, 0.2) is 42.5 Å². The maximum Gasteiger partial charge on any atom is 0.145 e. The smallest absolute Gasteiger partial charge is 0.145 e. The number of ether oxygens (including phenoxy) is 1. The molecule has 0 saturated carbocycles. The first-order valence-corrected chi connectivity index (χ1v) is 6.71. The summed E-state index contributed by atoms with van der Waals surface area (Å²) >= 11 is 0. The molecule has 0 saturated heterocycles. The van der Waals surface area contributed by atoms with E-state index < -0.39 is 0 Å². The molecule has 0 aliphatic heterocycles. The molecule has 0 aromatic heterocycles. The number of hydrogen-bond acceptors (Lipinski definition) is 3. The highest BCUT2D eigenvalue weighted by Crippen LogP contribution is 2.28. The lowest BCUT2D eigenvalue weighted by Gasteiger charge is -2.11. The molecule has 3 heteroatoms. The molecule has 0 aliphatic rings. The van der Waals surface area contributed by atoms with Crippen molar-refractivity contribution in [1.82, 2.24) is 0 Å². The minimum atomic E-state index is 0.441. The van der Waals surface area contributed by atoms with E-state index >= 15 is 0 Å². The lowest BCUT2D eigenvalue weighted by Crippen LogP contribution is -1.93. The summed E-state index contributed by atoms with van der Waals surface area (Å²) in [7, 11) is 0. The Morgan fingerprint density at radius 1 is 1.20 bits per heavy atom. The summed E-state index contributed by atoms with van der Waals surface area (Å²) in [4.78, 5) is 0. The Hall–Kier alpha value is -2.47. The fourth-order valence-corrected chi connectivity index (χ4v) is 1.95. The van der Waals surface area contributed by atoms with Gasteiger partial charge in [0.1, 0.15) is 17.6 Å². The maximum absolute atomic E-state index is 9.08. The number of anilines is 1. The maximum atomic E-state index is 9.08. The van der Waals surface area contributed by atoms with Crippen molar-refractivity contribution in [1.29, 1.82) is 5.26 Å². The first kappa shape index (κ1) is 14.0. The highest BCUT2D eigenvalue weighted by Gasteiger charge is 2.07. The van der Waals surface area contributed by atoms with Crippen LogP contribution in [0, 0.1) is 11.3 Å². The van der Waals surface area contributed by atoms with E-state index in [4.69, 9.17) is 15.7 Å². The van der Waals surface area contributed by atoms with Crippen LogP contribution >= 0.6 is 0 Å². The van der Waals surface area contributed by atoms with Crippen LogP contribution in [-0.4, -0.2) is 0 Å². The normalized spacial score (nSPS) is 11.7. The summed E-state index contributed by atoms with van der Waals surface area (Å²) in [6, 6.07) is 15.1. The molecule has 2 rings (SSSR count). The number of hydrogen-bond donors (Lipinski definition) is 1. The van der Waals surface area contributed by atoms with Gasteiger partial charge in [0.15, 0.2) is 0 Å². The molecule has 0 amide bonds. The van der Waals surface area contributed by atoms with Crippen LogP contribution in [0.25, 0.3) is 0 Å². The largest absolute Gasteiger partial charge is 0.456 e. The van der Waals surface area contributed by atoms with Crippen molar-refractivity contribution in [2.75, 3.05) is 5.73 Å². The predicted molar refractivity (Wildman–Crippen MR) is 80.8 cm³/mol. The van der Waals surface area contributed by atoms with Gasteiger partial charge in [0, 0.05) is 5.69 Å². The molecule has 1 unspecified atom stereocenters. The molecule has 2 aromatic carbocycles. The molecule has 0 spiro atoms. The predicted octanol–water partition coefficient (Wildman–Crippen LogP) is 4.45. The van der Waals surface area contributed by atoms with Crippen LogP contribution in [-0.2, 0) is 0 Å². The summed E-state index contributed by atoms with van der Waals surface area (Å²) < 4.78 is 5.75. The third-order valence-corrected chi connectivity index (χ3v) is 3.41. The van der Waals surface area contributed by atoms with Crippen LogP contribution in [0.5, 0.6) is 11.5 Å². The van der Waals surface area contributed by atoms with E-state index in [0.717, 1.165) is 12.2 Å². The Balaban J connectivity index is 2.21. The van der Waals surface area contributed by atoms with Gasteiger partial charge in [-0.2, -0.15) is 5.26 Å². The second kappa shape index (κ2) is 6.12. The quantitative estimate of drug-likeness (QED) is 0.832. The first-order valence-electron chi connectivity index (χ1n) is 6.71. The molecular formula is C17H18N2O. The lowest BCUT2D eigenvalue weighted by atomic mass is 9.99.